The van der Waals surface area contributed by atoms with Gasteiger partial charge in [0.1, 0.15) is 0 Å². The monoisotopic (exact) mass is 224 g/mol. The third-order valence-corrected chi connectivity index (χ3v) is 3.18. The second kappa shape index (κ2) is 5.78. The molecule has 0 amide bonds. The number of hydrogen-bond donors (Lipinski definition) is 2. The van der Waals surface area contributed by atoms with Crippen molar-refractivity contribution in [3.05, 3.63) is 0 Å². The van der Waals surface area contributed by atoms with Gasteiger partial charge in [0.2, 0.25) is 7.37 Å². The van der Waals surface area contributed by atoms with E-state index in [1.165, 1.54) is 6.66 Å². The summed E-state index contributed by atoms with van der Waals surface area (Å²) in [6.45, 7) is 1.15. The molecule has 0 aliphatic rings. The predicted octanol–water partition coefficient (Wildman–Crippen LogP) is 0.860. The third-order valence-electron chi connectivity index (χ3n) is 1.41. The van der Waals surface area contributed by atoms with E-state index in [-0.39, 0.29) is 25.6 Å². The fourth-order valence-corrected chi connectivity index (χ4v) is 1.89. The van der Waals surface area contributed by atoms with Gasteiger partial charge in [-0.25, -0.2) is 0 Å². The third kappa shape index (κ3) is 7.76. The van der Waals surface area contributed by atoms with Crippen molar-refractivity contribution >= 4 is 19.3 Å². The van der Waals surface area contributed by atoms with Gasteiger partial charge in [0.15, 0.2) is 0 Å². The largest absolute Gasteiger partial charge is 0.481 e. The van der Waals surface area contributed by atoms with Crippen molar-refractivity contribution in [3.63, 3.8) is 0 Å². The Morgan fingerprint density at radius 1 is 1.21 bits per heavy atom. The number of carbonyl (C=O) groups is 2. The van der Waals surface area contributed by atoms with E-state index in [1.54, 1.807) is 0 Å². The van der Waals surface area contributed by atoms with E-state index in [9.17, 15) is 14.2 Å². The molecule has 0 aromatic heterocycles. The fraction of sp³-hybridized carbons (Fsp3) is 0.714. The standard InChI is InChI=1S/C7H13O6P/c1-14(12,5-3-7(10)11)13-4-2-6(8)9/h2-5H2,1H3,(H,8,9)(H,10,11). The normalized spacial score (nSPS) is 14.6. The molecule has 0 spiro atoms. The van der Waals surface area contributed by atoms with Crippen molar-refractivity contribution < 1.29 is 28.9 Å². The molecule has 0 fully saturated rings. The molecule has 0 aliphatic heterocycles. The van der Waals surface area contributed by atoms with Crippen LogP contribution in [0.5, 0.6) is 0 Å². The zero-order chi connectivity index (χ0) is 11.2. The van der Waals surface area contributed by atoms with Crippen molar-refractivity contribution in [3.8, 4) is 0 Å². The minimum Gasteiger partial charge on any atom is -0.481 e. The van der Waals surface area contributed by atoms with Gasteiger partial charge in [-0.3, -0.25) is 14.2 Å². The van der Waals surface area contributed by atoms with Gasteiger partial charge in [-0.2, -0.15) is 0 Å². The van der Waals surface area contributed by atoms with E-state index < -0.39 is 19.3 Å². The van der Waals surface area contributed by atoms with Crippen LogP contribution in [0.1, 0.15) is 12.8 Å². The molecule has 0 heterocycles. The lowest BCUT2D eigenvalue weighted by molar-refractivity contribution is -0.138. The summed E-state index contributed by atoms with van der Waals surface area (Å²) in [5.41, 5.74) is 0. The van der Waals surface area contributed by atoms with Crippen molar-refractivity contribution in [2.45, 2.75) is 12.8 Å². The highest BCUT2D eigenvalue weighted by Gasteiger charge is 2.17. The predicted molar refractivity (Wildman–Crippen MR) is 48.9 cm³/mol. The Morgan fingerprint density at radius 3 is 2.14 bits per heavy atom. The van der Waals surface area contributed by atoms with Crippen molar-refractivity contribution in [1.82, 2.24) is 0 Å². The van der Waals surface area contributed by atoms with Gasteiger partial charge in [0.25, 0.3) is 0 Å². The van der Waals surface area contributed by atoms with Gasteiger partial charge < -0.3 is 14.7 Å². The molecule has 1 unspecified atom stereocenters. The molecule has 0 rings (SSSR count). The molecule has 2 N–H and O–H groups in total. The SMILES string of the molecule is CP(=O)(CCC(=O)O)OCCC(=O)O. The van der Waals surface area contributed by atoms with Gasteiger partial charge in [0.05, 0.1) is 19.4 Å². The van der Waals surface area contributed by atoms with E-state index in [1.807, 2.05) is 0 Å². The Hall–Kier alpha value is -0.870. The quantitative estimate of drug-likeness (QED) is 0.622. The van der Waals surface area contributed by atoms with E-state index >= 15 is 0 Å². The van der Waals surface area contributed by atoms with E-state index in [0.29, 0.717) is 0 Å². The highest BCUT2D eigenvalue weighted by molar-refractivity contribution is 7.58. The van der Waals surface area contributed by atoms with Crippen LogP contribution in [0.4, 0.5) is 0 Å². The fourth-order valence-electron chi connectivity index (χ4n) is 0.689. The highest BCUT2D eigenvalue weighted by atomic mass is 31.2. The van der Waals surface area contributed by atoms with Crippen molar-refractivity contribution in [2.24, 2.45) is 0 Å². The summed E-state index contributed by atoms with van der Waals surface area (Å²) < 4.78 is 16.2. The molecule has 14 heavy (non-hydrogen) atoms. The second-order valence-corrected chi connectivity index (χ2v) is 5.59. The molecule has 0 saturated heterocycles. The number of aliphatic carboxylic acids is 2. The van der Waals surface area contributed by atoms with Crippen LogP contribution in [0, 0.1) is 0 Å². The molecule has 0 bridgehead atoms. The van der Waals surface area contributed by atoms with Crippen molar-refractivity contribution in [2.75, 3.05) is 19.4 Å². The maximum atomic E-state index is 11.4. The first kappa shape index (κ1) is 13.1. The average Bonchev–Trinajstić information content (AvgIpc) is 2.00. The molecular formula is C7H13O6P. The minimum atomic E-state index is -2.95. The Labute approximate surface area is 81.3 Å². The van der Waals surface area contributed by atoms with Crippen LogP contribution in [0.2, 0.25) is 0 Å². The Morgan fingerprint density at radius 2 is 1.71 bits per heavy atom. The van der Waals surface area contributed by atoms with Gasteiger partial charge in [-0.15, -0.1) is 0 Å². The van der Waals surface area contributed by atoms with Crippen LogP contribution in [0.25, 0.3) is 0 Å². The van der Waals surface area contributed by atoms with Crippen LogP contribution in [0.15, 0.2) is 0 Å². The minimum absolute atomic E-state index is 0.0675. The number of carboxylic acids is 2. The summed E-state index contributed by atoms with van der Waals surface area (Å²) in [5.74, 6) is -2.09. The lowest BCUT2D eigenvalue weighted by atomic mass is 10.5. The van der Waals surface area contributed by atoms with Gasteiger partial charge >= 0.3 is 11.9 Å². The van der Waals surface area contributed by atoms with E-state index in [0.717, 1.165) is 0 Å². The first-order valence-corrected chi connectivity index (χ1v) is 6.24. The molecular weight excluding hydrogens is 211 g/mol. The highest BCUT2D eigenvalue weighted by Crippen LogP contribution is 2.42. The first-order valence-electron chi connectivity index (χ1n) is 3.98. The van der Waals surface area contributed by atoms with E-state index in [2.05, 4.69) is 0 Å². The Balaban J connectivity index is 3.77. The summed E-state index contributed by atoms with van der Waals surface area (Å²) in [6.07, 6.45) is -0.534. The number of hydrogen-bond acceptors (Lipinski definition) is 4. The lowest BCUT2D eigenvalue weighted by Gasteiger charge is -2.11. The van der Waals surface area contributed by atoms with Crippen LogP contribution < -0.4 is 0 Å². The maximum Gasteiger partial charge on any atom is 0.305 e. The van der Waals surface area contributed by atoms with Crippen molar-refractivity contribution in [1.29, 1.82) is 0 Å². The Bertz CT molecular complexity index is 261. The summed E-state index contributed by atoms with van der Waals surface area (Å²) in [6, 6.07) is 0. The molecule has 0 saturated carbocycles. The van der Waals surface area contributed by atoms with Gasteiger partial charge in [0, 0.05) is 12.8 Å². The van der Waals surface area contributed by atoms with Crippen LogP contribution in [-0.4, -0.2) is 41.6 Å². The average molecular weight is 224 g/mol. The molecule has 6 nitrogen and oxygen atoms in total. The van der Waals surface area contributed by atoms with Crippen LogP contribution >= 0.6 is 7.37 Å². The first-order chi connectivity index (χ1) is 6.33. The van der Waals surface area contributed by atoms with Crippen LogP contribution in [0.3, 0.4) is 0 Å². The molecule has 0 radical (unpaired) electrons. The molecule has 7 heteroatoms. The maximum absolute atomic E-state index is 11.4. The number of carboxylic acid groups (broad SMARTS) is 2. The summed E-state index contributed by atoms with van der Waals surface area (Å²) >= 11 is 0. The van der Waals surface area contributed by atoms with Crippen LogP contribution in [-0.2, 0) is 18.7 Å². The Kier molecular flexibility index (Phi) is 5.42. The molecule has 0 aliphatic carbocycles. The molecule has 0 aromatic rings. The zero-order valence-electron chi connectivity index (χ0n) is 7.80. The molecule has 82 valence electrons. The van der Waals surface area contributed by atoms with Gasteiger partial charge in [-0.05, 0) is 0 Å². The molecule has 1 atom stereocenters. The zero-order valence-corrected chi connectivity index (χ0v) is 8.70. The molecule has 0 aromatic carbocycles. The summed E-state index contributed by atoms with van der Waals surface area (Å²) in [5, 5.41) is 16.6. The topological polar surface area (TPSA) is 101 Å². The van der Waals surface area contributed by atoms with E-state index in [4.69, 9.17) is 14.7 Å². The summed E-state index contributed by atoms with van der Waals surface area (Å²) in [7, 11) is -2.95. The summed E-state index contributed by atoms with van der Waals surface area (Å²) in [4.78, 5) is 20.2. The lowest BCUT2D eigenvalue weighted by Crippen LogP contribution is -2.05. The van der Waals surface area contributed by atoms with Gasteiger partial charge in [-0.1, -0.05) is 0 Å². The smallest absolute Gasteiger partial charge is 0.305 e. The number of rotatable bonds is 7. The second-order valence-electron chi connectivity index (χ2n) is 2.86.